The maximum atomic E-state index is 12.9. The number of para-hydroxylation sites is 1. The van der Waals surface area contributed by atoms with Gasteiger partial charge in [-0.3, -0.25) is 4.79 Å². The second-order valence-corrected chi connectivity index (χ2v) is 7.16. The number of rotatable bonds is 3. The van der Waals surface area contributed by atoms with Crippen molar-refractivity contribution in [1.82, 2.24) is 9.47 Å². The second-order valence-electron chi connectivity index (χ2n) is 7.16. The molecule has 1 aliphatic rings. The number of benzene rings is 2. The molecule has 3 aromatic rings. The predicted octanol–water partition coefficient (Wildman–Crippen LogP) is 4.65. The number of aromatic nitrogens is 1. The number of ether oxygens (including phenoxy) is 2. The van der Waals surface area contributed by atoms with Crippen LogP contribution in [0.25, 0.3) is 17.0 Å². The van der Waals surface area contributed by atoms with Gasteiger partial charge in [-0.15, -0.1) is 0 Å². The average molecular weight is 390 g/mol. The van der Waals surface area contributed by atoms with E-state index >= 15 is 0 Å². The highest BCUT2D eigenvalue weighted by atomic mass is 16.6. The van der Waals surface area contributed by atoms with Gasteiger partial charge in [0.2, 0.25) is 5.78 Å². The molecule has 0 fully saturated rings. The Hall–Kier alpha value is -3.54. The standard InChI is InChI=1S/C23H22N2O4/c1-5-25-13-15(16-8-6-7-9-18(16)25)12-20-21(26)17-10-11-19(14(2)22(17)28-20)29-23(27)24(3)4/h6-13H,5H2,1-4H3. The van der Waals surface area contributed by atoms with Gasteiger partial charge in [0.25, 0.3) is 0 Å². The number of allylic oxidation sites excluding steroid dienone is 1. The van der Waals surface area contributed by atoms with Crippen LogP contribution in [-0.4, -0.2) is 35.4 Å². The highest BCUT2D eigenvalue weighted by molar-refractivity contribution is 6.15. The van der Waals surface area contributed by atoms with Crippen molar-refractivity contribution in [3.8, 4) is 11.5 Å². The zero-order valence-electron chi connectivity index (χ0n) is 16.9. The fourth-order valence-corrected chi connectivity index (χ4v) is 3.46. The Morgan fingerprint density at radius 3 is 2.69 bits per heavy atom. The predicted molar refractivity (Wildman–Crippen MR) is 111 cm³/mol. The van der Waals surface area contributed by atoms with E-state index in [2.05, 4.69) is 17.6 Å². The van der Waals surface area contributed by atoms with Gasteiger partial charge < -0.3 is 18.9 Å². The van der Waals surface area contributed by atoms with Gasteiger partial charge in [-0.2, -0.15) is 0 Å². The van der Waals surface area contributed by atoms with Gasteiger partial charge in [-0.1, -0.05) is 18.2 Å². The van der Waals surface area contributed by atoms with Crippen molar-refractivity contribution in [1.29, 1.82) is 0 Å². The Morgan fingerprint density at radius 1 is 1.21 bits per heavy atom. The van der Waals surface area contributed by atoms with E-state index in [1.807, 2.05) is 24.4 Å². The highest BCUT2D eigenvalue weighted by Crippen LogP contribution is 2.39. The largest absolute Gasteiger partial charge is 0.452 e. The third kappa shape index (κ3) is 3.16. The molecule has 2 aromatic carbocycles. The smallest absolute Gasteiger partial charge is 0.414 e. The van der Waals surface area contributed by atoms with E-state index in [4.69, 9.17) is 9.47 Å². The molecule has 148 valence electrons. The summed E-state index contributed by atoms with van der Waals surface area (Å²) in [7, 11) is 3.22. The van der Waals surface area contributed by atoms with Crippen LogP contribution in [-0.2, 0) is 6.54 Å². The van der Waals surface area contributed by atoms with Crippen molar-refractivity contribution in [2.24, 2.45) is 0 Å². The molecule has 0 atom stereocenters. The van der Waals surface area contributed by atoms with E-state index < -0.39 is 6.09 Å². The minimum Gasteiger partial charge on any atom is -0.452 e. The number of amides is 1. The SMILES string of the molecule is CCn1cc(C=C2Oc3c(ccc(OC(=O)N(C)C)c3C)C2=O)c2ccccc21. The Morgan fingerprint density at radius 2 is 1.97 bits per heavy atom. The number of hydrogen-bond acceptors (Lipinski definition) is 4. The number of Topliss-reactive ketones (excluding diaryl/α,β-unsaturated/α-hetero) is 1. The van der Waals surface area contributed by atoms with E-state index in [0.717, 1.165) is 23.0 Å². The molecule has 0 saturated heterocycles. The third-order valence-corrected chi connectivity index (χ3v) is 5.05. The lowest BCUT2D eigenvalue weighted by atomic mass is 10.1. The number of aryl methyl sites for hydroxylation is 1. The third-order valence-electron chi connectivity index (χ3n) is 5.05. The molecule has 6 nitrogen and oxygen atoms in total. The van der Waals surface area contributed by atoms with Crippen molar-refractivity contribution in [3.05, 3.63) is 65.0 Å². The monoisotopic (exact) mass is 390 g/mol. The van der Waals surface area contributed by atoms with Crippen LogP contribution in [0.5, 0.6) is 11.5 Å². The molecular weight excluding hydrogens is 368 g/mol. The lowest BCUT2D eigenvalue weighted by molar-refractivity contribution is 0.101. The van der Waals surface area contributed by atoms with Crippen LogP contribution < -0.4 is 9.47 Å². The molecule has 29 heavy (non-hydrogen) atoms. The number of carbonyl (C=O) groups excluding carboxylic acids is 2. The van der Waals surface area contributed by atoms with Crippen molar-refractivity contribution < 1.29 is 19.1 Å². The van der Waals surface area contributed by atoms with Crippen molar-refractivity contribution in [2.45, 2.75) is 20.4 Å². The van der Waals surface area contributed by atoms with Gasteiger partial charge >= 0.3 is 6.09 Å². The number of ketones is 1. The first kappa shape index (κ1) is 18.8. The normalized spacial score (nSPS) is 14.2. The van der Waals surface area contributed by atoms with Gasteiger partial charge in [-0.05, 0) is 38.1 Å². The molecule has 6 heteroatoms. The zero-order chi connectivity index (χ0) is 20.7. The molecule has 0 aliphatic carbocycles. The van der Waals surface area contributed by atoms with E-state index in [1.165, 1.54) is 4.90 Å². The van der Waals surface area contributed by atoms with Crippen LogP contribution in [0.2, 0.25) is 0 Å². The number of hydrogen-bond donors (Lipinski definition) is 0. The van der Waals surface area contributed by atoms with E-state index in [9.17, 15) is 9.59 Å². The fourth-order valence-electron chi connectivity index (χ4n) is 3.46. The van der Waals surface area contributed by atoms with Gasteiger partial charge in [0.15, 0.2) is 5.76 Å². The van der Waals surface area contributed by atoms with Crippen LogP contribution in [0.4, 0.5) is 4.79 Å². The number of fused-ring (bicyclic) bond motifs is 2. The van der Waals surface area contributed by atoms with E-state index in [-0.39, 0.29) is 11.5 Å². The summed E-state index contributed by atoms with van der Waals surface area (Å²) < 4.78 is 13.4. The lowest BCUT2D eigenvalue weighted by Crippen LogP contribution is -2.25. The summed E-state index contributed by atoms with van der Waals surface area (Å²) in [5, 5.41) is 1.06. The lowest BCUT2D eigenvalue weighted by Gasteiger charge is -2.13. The number of nitrogens with zero attached hydrogens (tertiary/aromatic N) is 2. The molecule has 0 unspecified atom stereocenters. The van der Waals surface area contributed by atoms with E-state index in [1.54, 1.807) is 39.2 Å². The zero-order valence-corrected chi connectivity index (χ0v) is 16.9. The van der Waals surface area contributed by atoms with Crippen LogP contribution in [0.15, 0.2) is 48.4 Å². The summed E-state index contributed by atoms with van der Waals surface area (Å²) in [5.41, 5.74) is 3.12. The molecule has 0 radical (unpaired) electrons. The van der Waals surface area contributed by atoms with Gasteiger partial charge in [-0.25, -0.2) is 4.79 Å². The van der Waals surface area contributed by atoms with Crippen LogP contribution in [0.1, 0.15) is 28.4 Å². The summed E-state index contributed by atoms with van der Waals surface area (Å²) in [5.74, 6) is 0.892. The Balaban J connectivity index is 1.72. The minimum atomic E-state index is -0.486. The molecule has 0 N–H and O–H groups in total. The minimum absolute atomic E-state index is 0.179. The molecule has 1 amide bonds. The van der Waals surface area contributed by atoms with E-state index in [0.29, 0.717) is 22.6 Å². The molecule has 0 saturated carbocycles. The molecular formula is C23H22N2O4. The quantitative estimate of drug-likeness (QED) is 0.611. The second kappa shape index (κ2) is 7.13. The van der Waals surface area contributed by atoms with Crippen LogP contribution >= 0.6 is 0 Å². The summed E-state index contributed by atoms with van der Waals surface area (Å²) in [6, 6.07) is 11.3. The Labute approximate surface area is 168 Å². The highest BCUT2D eigenvalue weighted by Gasteiger charge is 2.31. The number of carbonyl (C=O) groups is 2. The molecule has 1 aromatic heterocycles. The van der Waals surface area contributed by atoms with Crippen LogP contribution in [0, 0.1) is 6.92 Å². The molecule has 1 aliphatic heterocycles. The Bertz CT molecular complexity index is 1170. The van der Waals surface area contributed by atoms with Crippen molar-refractivity contribution in [2.75, 3.05) is 14.1 Å². The summed E-state index contributed by atoms with van der Waals surface area (Å²) in [6.07, 6.45) is 3.32. The molecule has 2 heterocycles. The van der Waals surface area contributed by atoms with Gasteiger partial charge in [0.1, 0.15) is 11.5 Å². The maximum absolute atomic E-state index is 12.9. The Kier molecular flexibility index (Phi) is 4.62. The first-order chi connectivity index (χ1) is 13.9. The van der Waals surface area contributed by atoms with Gasteiger partial charge in [0, 0.05) is 48.9 Å². The van der Waals surface area contributed by atoms with Crippen molar-refractivity contribution in [3.63, 3.8) is 0 Å². The summed E-state index contributed by atoms with van der Waals surface area (Å²) in [6.45, 7) is 4.69. The first-order valence-electron chi connectivity index (χ1n) is 9.45. The molecule has 0 bridgehead atoms. The summed E-state index contributed by atoms with van der Waals surface area (Å²) >= 11 is 0. The topological polar surface area (TPSA) is 60.8 Å². The van der Waals surface area contributed by atoms with Crippen LogP contribution in [0.3, 0.4) is 0 Å². The first-order valence-corrected chi connectivity index (χ1v) is 9.45. The fraction of sp³-hybridized carbons (Fsp3) is 0.217. The molecule has 0 spiro atoms. The average Bonchev–Trinajstić information content (AvgIpc) is 3.23. The molecule has 4 rings (SSSR count). The summed E-state index contributed by atoms with van der Waals surface area (Å²) in [4.78, 5) is 26.1. The maximum Gasteiger partial charge on any atom is 0.414 e. The van der Waals surface area contributed by atoms with Gasteiger partial charge in [0.05, 0.1) is 5.56 Å². The van der Waals surface area contributed by atoms with Crippen molar-refractivity contribution >= 4 is 28.9 Å².